The highest BCUT2D eigenvalue weighted by molar-refractivity contribution is 7.97. The lowest BCUT2D eigenvalue weighted by atomic mass is 9.98. The van der Waals surface area contributed by atoms with E-state index in [4.69, 9.17) is 11.6 Å². The normalized spacial score (nSPS) is 17.7. The third-order valence-electron chi connectivity index (χ3n) is 7.26. The van der Waals surface area contributed by atoms with Gasteiger partial charge < -0.3 is 5.32 Å². The van der Waals surface area contributed by atoms with E-state index in [1.807, 2.05) is 42.1 Å². The van der Waals surface area contributed by atoms with Crippen LogP contribution in [0, 0.1) is 5.92 Å². The smallest absolute Gasteiger partial charge is 0.0406 e. The molecule has 1 saturated heterocycles. The van der Waals surface area contributed by atoms with Gasteiger partial charge in [-0.1, -0.05) is 67.5 Å². The summed E-state index contributed by atoms with van der Waals surface area (Å²) in [5.74, 6) is 0.738. The van der Waals surface area contributed by atoms with E-state index < -0.39 is 0 Å². The molecule has 0 radical (unpaired) electrons. The molecule has 0 atom stereocenters. The van der Waals surface area contributed by atoms with Crippen LogP contribution < -0.4 is 5.32 Å². The third-order valence-corrected chi connectivity index (χ3v) is 9.67. The summed E-state index contributed by atoms with van der Waals surface area (Å²) in [6.45, 7) is 11.2. The van der Waals surface area contributed by atoms with Crippen molar-refractivity contribution in [2.24, 2.45) is 5.92 Å². The molecule has 1 saturated carbocycles. The average molecular weight is 568 g/mol. The summed E-state index contributed by atoms with van der Waals surface area (Å²) in [4.78, 5) is 2.60. The summed E-state index contributed by atoms with van der Waals surface area (Å²) in [5.41, 5.74) is 2.62. The van der Waals surface area contributed by atoms with Gasteiger partial charge in [0.05, 0.1) is 0 Å². The van der Waals surface area contributed by atoms with Gasteiger partial charge in [0.1, 0.15) is 0 Å². The molecule has 6 heteroatoms. The Labute approximate surface area is 244 Å². The Hall–Kier alpha value is -1.47. The molecule has 0 unspecified atom stereocenters. The van der Waals surface area contributed by atoms with Crippen molar-refractivity contribution in [2.75, 3.05) is 26.2 Å². The Bertz CT molecular complexity index is 1040. The third kappa shape index (κ3) is 9.62. The summed E-state index contributed by atoms with van der Waals surface area (Å²) < 4.78 is 5.13. The Balaban J connectivity index is 1.43. The van der Waals surface area contributed by atoms with Crippen LogP contribution in [0.4, 0.5) is 0 Å². The highest BCUT2D eigenvalue weighted by atomic mass is 35.5. The Morgan fingerprint density at radius 1 is 0.974 bits per heavy atom. The molecule has 0 amide bonds. The number of hydrogen-bond donors (Lipinski definition) is 1. The van der Waals surface area contributed by atoms with Crippen LogP contribution in [0.1, 0.15) is 51.0 Å². The van der Waals surface area contributed by atoms with E-state index >= 15 is 0 Å². The van der Waals surface area contributed by atoms with E-state index in [2.05, 4.69) is 82.1 Å². The van der Waals surface area contributed by atoms with Gasteiger partial charge in [0, 0.05) is 40.5 Å². The van der Waals surface area contributed by atoms with Gasteiger partial charge in [-0.15, -0.1) is 0 Å². The lowest BCUT2D eigenvalue weighted by molar-refractivity contribution is 0.312. The summed E-state index contributed by atoms with van der Waals surface area (Å²) in [6, 6.07) is 18.1. The highest BCUT2D eigenvalue weighted by Crippen LogP contribution is 2.35. The molecule has 4 rings (SSSR count). The zero-order valence-corrected chi connectivity index (χ0v) is 25.0. The van der Waals surface area contributed by atoms with Gasteiger partial charge in [0.2, 0.25) is 0 Å². The van der Waals surface area contributed by atoms with Gasteiger partial charge in [-0.25, -0.2) is 8.61 Å². The molecule has 1 aliphatic heterocycles. The first-order chi connectivity index (χ1) is 18.6. The number of nitrogens with one attached hydrogen (secondary N) is 1. The molecule has 1 aliphatic carbocycles. The molecule has 2 fully saturated rings. The van der Waals surface area contributed by atoms with E-state index in [1.165, 1.54) is 59.5 Å². The molecular weight excluding hydrogens is 526 g/mol. The molecule has 38 heavy (non-hydrogen) atoms. The van der Waals surface area contributed by atoms with E-state index in [1.54, 1.807) is 0 Å². The maximum atomic E-state index is 6.13. The predicted octanol–water partition coefficient (Wildman–Crippen LogP) is 8.79. The van der Waals surface area contributed by atoms with Crippen LogP contribution >= 0.6 is 35.5 Å². The Morgan fingerprint density at radius 2 is 1.63 bits per heavy atom. The quantitative estimate of drug-likeness (QED) is 0.192. The van der Waals surface area contributed by atoms with Crippen LogP contribution in [-0.4, -0.2) is 40.8 Å². The SMILES string of the molecule is C=C/C=C(\C=C/C)CN(CC1CCNCC1)Sc1ccc(SN(Cc2ccc(Cl)cc2)C2CCCC2)cc1. The van der Waals surface area contributed by atoms with Crippen LogP contribution in [0.2, 0.25) is 5.02 Å². The van der Waals surface area contributed by atoms with Crippen molar-refractivity contribution in [3.8, 4) is 0 Å². The van der Waals surface area contributed by atoms with Crippen LogP contribution in [0.3, 0.4) is 0 Å². The molecule has 0 aromatic heterocycles. The van der Waals surface area contributed by atoms with Crippen molar-refractivity contribution in [1.29, 1.82) is 0 Å². The van der Waals surface area contributed by atoms with Crippen LogP contribution in [-0.2, 0) is 6.54 Å². The second kappa shape index (κ2) is 16.0. The summed E-state index contributed by atoms with van der Waals surface area (Å²) >= 11 is 9.93. The van der Waals surface area contributed by atoms with E-state index in [0.29, 0.717) is 6.04 Å². The number of allylic oxidation sites excluding steroid dienone is 3. The van der Waals surface area contributed by atoms with Gasteiger partial charge >= 0.3 is 0 Å². The molecule has 204 valence electrons. The largest absolute Gasteiger partial charge is 0.317 e. The first-order valence-corrected chi connectivity index (χ1v) is 15.9. The number of benzene rings is 2. The second-order valence-corrected chi connectivity index (χ2v) is 13.0. The lowest BCUT2D eigenvalue weighted by Gasteiger charge is -2.30. The fourth-order valence-electron chi connectivity index (χ4n) is 5.26. The Morgan fingerprint density at radius 3 is 2.26 bits per heavy atom. The second-order valence-electron chi connectivity index (χ2n) is 10.3. The Kier molecular flexibility index (Phi) is 12.4. The molecule has 0 spiro atoms. The number of piperidine rings is 1. The van der Waals surface area contributed by atoms with Crippen molar-refractivity contribution >= 4 is 35.5 Å². The van der Waals surface area contributed by atoms with Gasteiger partial charge in [0.15, 0.2) is 0 Å². The van der Waals surface area contributed by atoms with Crippen LogP contribution in [0.25, 0.3) is 0 Å². The fourth-order valence-corrected chi connectivity index (χ4v) is 7.54. The minimum Gasteiger partial charge on any atom is -0.317 e. The number of halogens is 1. The molecular formula is C32H42ClN3S2. The minimum atomic E-state index is 0.631. The van der Waals surface area contributed by atoms with E-state index in [0.717, 1.165) is 43.7 Å². The fraction of sp³-hybridized carbons (Fsp3) is 0.438. The number of hydrogen-bond acceptors (Lipinski definition) is 5. The molecule has 3 nitrogen and oxygen atoms in total. The molecule has 2 aromatic rings. The highest BCUT2D eigenvalue weighted by Gasteiger charge is 2.24. The summed E-state index contributed by atoms with van der Waals surface area (Å²) in [5, 5.41) is 4.31. The standard InChI is InChI=1S/C32H42ClN3S2/c1-3-7-26(8-4-2)23-35(24-28-19-21-34-22-20-28)37-31-15-17-32(18-16-31)38-36(30-9-5-6-10-30)25-27-11-13-29(33)14-12-27/h3-4,7-8,11-18,28,30,34H,1,5-6,9-10,19-25H2,2H3/b8-4-,26-7+. The van der Waals surface area contributed by atoms with Gasteiger partial charge in [-0.05, 0) is 123 Å². The van der Waals surface area contributed by atoms with Crippen molar-refractivity contribution in [1.82, 2.24) is 13.9 Å². The molecule has 0 bridgehead atoms. The van der Waals surface area contributed by atoms with Gasteiger partial charge in [-0.3, -0.25) is 0 Å². The van der Waals surface area contributed by atoms with Crippen LogP contribution in [0.5, 0.6) is 0 Å². The van der Waals surface area contributed by atoms with Crippen molar-refractivity contribution in [3.63, 3.8) is 0 Å². The summed E-state index contributed by atoms with van der Waals surface area (Å²) in [7, 11) is 0. The van der Waals surface area contributed by atoms with Crippen molar-refractivity contribution in [2.45, 2.75) is 67.8 Å². The average Bonchev–Trinajstić information content (AvgIpc) is 3.47. The topological polar surface area (TPSA) is 18.5 Å². The van der Waals surface area contributed by atoms with Crippen molar-refractivity contribution in [3.05, 3.63) is 95.6 Å². The number of rotatable bonds is 13. The first kappa shape index (κ1) is 29.5. The van der Waals surface area contributed by atoms with Crippen molar-refractivity contribution < 1.29 is 0 Å². The molecule has 2 aliphatic rings. The predicted molar refractivity (Wildman–Crippen MR) is 168 cm³/mol. The summed E-state index contributed by atoms with van der Waals surface area (Å²) in [6.07, 6.45) is 16.1. The monoisotopic (exact) mass is 567 g/mol. The van der Waals surface area contributed by atoms with Gasteiger partial charge in [0.25, 0.3) is 0 Å². The van der Waals surface area contributed by atoms with Crippen LogP contribution in [0.15, 0.2) is 94.8 Å². The first-order valence-electron chi connectivity index (χ1n) is 14.0. The lowest BCUT2D eigenvalue weighted by Crippen LogP contribution is -2.34. The molecule has 1 heterocycles. The minimum absolute atomic E-state index is 0.631. The molecule has 2 aromatic carbocycles. The maximum Gasteiger partial charge on any atom is 0.0406 e. The maximum absolute atomic E-state index is 6.13. The zero-order valence-electron chi connectivity index (χ0n) is 22.7. The molecule has 1 N–H and O–H groups in total. The van der Waals surface area contributed by atoms with E-state index in [-0.39, 0.29) is 0 Å². The number of nitrogens with zero attached hydrogens (tertiary/aromatic N) is 2. The zero-order chi connectivity index (χ0) is 26.6. The van der Waals surface area contributed by atoms with E-state index in [9.17, 15) is 0 Å². The van der Waals surface area contributed by atoms with Gasteiger partial charge in [-0.2, -0.15) is 0 Å².